The first-order valence-corrected chi connectivity index (χ1v) is 10.2. The predicted molar refractivity (Wildman–Crippen MR) is 123 cm³/mol. The van der Waals surface area contributed by atoms with Crippen LogP contribution in [0.4, 0.5) is 5.82 Å². The molecule has 0 radical (unpaired) electrons. The number of carbonyl (C=O) groups is 1. The Labute approximate surface area is 188 Å². The van der Waals surface area contributed by atoms with E-state index in [1.807, 2.05) is 50.5 Å². The molecule has 3 aromatic heterocycles. The molecule has 0 fully saturated rings. The summed E-state index contributed by atoms with van der Waals surface area (Å²) in [4.78, 5) is 22.4. The topological polar surface area (TPSA) is 90.5 Å². The largest absolute Gasteiger partial charge is 0.303 e. The molecule has 0 spiro atoms. The van der Waals surface area contributed by atoms with Crippen LogP contribution >= 0.6 is 11.6 Å². The highest BCUT2D eigenvalue weighted by atomic mass is 35.5. The molecule has 0 aliphatic carbocycles. The normalized spacial score (nSPS) is 11.1. The van der Waals surface area contributed by atoms with Crippen molar-refractivity contribution in [2.24, 2.45) is 14.1 Å². The number of carbonyl (C=O) groups excluding carboxylic acids is 1. The maximum Gasteiger partial charge on any atom is 0.275 e. The Morgan fingerprint density at radius 1 is 1.00 bits per heavy atom. The number of fused-ring (bicyclic) bond motifs is 1. The standard InChI is InChI=1S/C23H18ClN7O/c1-30-13-15(12-25-30)21-26-18(14-7-9-16(24)10-8-14)11-19(27-21)23(32)28-22-17-5-3-4-6-20(17)31(2)29-22/h3-13H,1-2H3,(H,28,29,32). The van der Waals surface area contributed by atoms with Crippen LogP contribution in [0.25, 0.3) is 33.5 Å². The molecule has 5 rings (SSSR count). The van der Waals surface area contributed by atoms with Gasteiger partial charge >= 0.3 is 0 Å². The number of halogens is 1. The molecule has 32 heavy (non-hydrogen) atoms. The van der Waals surface area contributed by atoms with Gasteiger partial charge in [0.2, 0.25) is 0 Å². The average molecular weight is 444 g/mol. The molecule has 0 unspecified atom stereocenters. The van der Waals surface area contributed by atoms with Crippen molar-refractivity contribution < 1.29 is 4.79 Å². The molecule has 2 aromatic carbocycles. The molecule has 5 aromatic rings. The summed E-state index contributed by atoms with van der Waals surface area (Å²) in [5, 5.41) is 13.0. The summed E-state index contributed by atoms with van der Waals surface area (Å²) in [7, 11) is 3.65. The molecule has 0 bridgehead atoms. The molecule has 9 heteroatoms. The van der Waals surface area contributed by atoms with Crippen molar-refractivity contribution in [3.05, 3.63) is 77.7 Å². The summed E-state index contributed by atoms with van der Waals surface area (Å²) in [5.41, 5.74) is 3.27. The zero-order valence-electron chi connectivity index (χ0n) is 17.3. The Hall–Kier alpha value is -4.04. The second-order valence-corrected chi connectivity index (χ2v) is 7.75. The van der Waals surface area contributed by atoms with E-state index in [0.717, 1.165) is 16.5 Å². The van der Waals surface area contributed by atoms with Crippen LogP contribution in [0, 0.1) is 0 Å². The number of nitrogens with zero attached hydrogens (tertiary/aromatic N) is 6. The quantitative estimate of drug-likeness (QED) is 0.446. The second-order valence-electron chi connectivity index (χ2n) is 7.32. The Morgan fingerprint density at radius 2 is 1.78 bits per heavy atom. The molecule has 158 valence electrons. The maximum atomic E-state index is 13.2. The van der Waals surface area contributed by atoms with E-state index in [2.05, 4.69) is 25.5 Å². The highest BCUT2D eigenvalue weighted by Gasteiger charge is 2.18. The number of amides is 1. The van der Waals surface area contributed by atoms with Crippen LogP contribution in [-0.4, -0.2) is 35.4 Å². The summed E-state index contributed by atoms with van der Waals surface area (Å²) in [6, 6.07) is 16.6. The second kappa shape index (κ2) is 7.90. The molecule has 0 saturated heterocycles. The van der Waals surface area contributed by atoms with Crippen molar-refractivity contribution in [1.29, 1.82) is 0 Å². The zero-order valence-corrected chi connectivity index (χ0v) is 18.1. The zero-order chi connectivity index (χ0) is 22.2. The fourth-order valence-electron chi connectivity index (χ4n) is 3.48. The summed E-state index contributed by atoms with van der Waals surface area (Å²) >= 11 is 6.03. The molecule has 0 aliphatic rings. The molecule has 1 amide bonds. The molecule has 8 nitrogen and oxygen atoms in total. The Kier molecular flexibility index (Phi) is 4.91. The molecule has 0 saturated carbocycles. The van der Waals surface area contributed by atoms with Gasteiger partial charge in [0.25, 0.3) is 5.91 Å². The lowest BCUT2D eigenvalue weighted by Gasteiger charge is -2.08. The molecule has 0 atom stereocenters. The van der Waals surface area contributed by atoms with Crippen molar-refractivity contribution >= 4 is 34.2 Å². The molecule has 0 aliphatic heterocycles. The lowest BCUT2D eigenvalue weighted by Crippen LogP contribution is -2.15. The van der Waals surface area contributed by atoms with Crippen molar-refractivity contribution in [2.75, 3.05) is 5.32 Å². The number of nitrogens with one attached hydrogen (secondary N) is 1. The number of hydrogen-bond donors (Lipinski definition) is 1. The first-order valence-electron chi connectivity index (χ1n) is 9.85. The van der Waals surface area contributed by atoms with Crippen LogP contribution in [0.2, 0.25) is 5.02 Å². The number of anilines is 1. The predicted octanol–water partition coefficient (Wildman–Crippen LogP) is 4.34. The van der Waals surface area contributed by atoms with E-state index in [1.165, 1.54) is 0 Å². The van der Waals surface area contributed by atoms with E-state index in [1.54, 1.807) is 40.0 Å². The minimum absolute atomic E-state index is 0.221. The van der Waals surface area contributed by atoms with Crippen molar-refractivity contribution in [3.63, 3.8) is 0 Å². The fourth-order valence-corrected chi connectivity index (χ4v) is 3.60. The van der Waals surface area contributed by atoms with Gasteiger partial charge in [0.15, 0.2) is 11.6 Å². The van der Waals surface area contributed by atoms with Crippen LogP contribution in [0.5, 0.6) is 0 Å². The van der Waals surface area contributed by atoms with Gasteiger partial charge in [0.05, 0.1) is 23.0 Å². The minimum atomic E-state index is -0.378. The average Bonchev–Trinajstić information content (AvgIpc) is 3.37. The van der Waals surface area contributed by atoms with E-state index in [9.17, 15) is 4.79 Å². The number of aryl methyl sites for hydroxylation is 2. The first kappa shape index (κ1) is 19.9. The maximum absolute atomic E-state index is 13.2. The van der Waals surface area contributed by atoms with E-state index >= 15 is 0 Å². The number of hydrogen-bond acceptors (Lipinski definition) is 5. The van der Waals surface area contributed by atoms with Gasteiger partial charge < -0.3 is 5.32 Å². The van der Waals surface area contributed by atoms with Crippen molar-refractivity contribution in [3.8, 4) is 22.6 Å². The molecular weight excluding hydrogens is 426 g/mol. The van der Waals surface area contributed by atoms with Gasteiger partial charge in [-0.2, -0.15) is 10.2 Å². The number of rotatable bonds is 4. The highest BCUT2D eigenvalue weighted by Crippen LogP contribution is 2.26. The Bertz CT molecular complexity index is 1450. The van der Waals surface area contributed by atoms with Gasteiger partial charge in [-0.15, -0.1) is 0 Å². The summed E-state index contributed by atoms with van der Waals surface area (Å²) in [6.45, 7) is 0. The van der Waals surface area contributed by atoms with Crippen LogP contribution in [0.1, 0.15) is 10.5 Å². The van der Waals surface area contributed by atoms with Crippen LogP contribution in [-0.2, 0) is 14.1 Å². The van der Waals surface area contributed by atoms with E-state index in [0.29, 0.717) is 27.9 Å². The first-order chi connectivity index (χ1) is 15.5. The number of benzene rings is 2. The third-order valence-corrected chi connectivity index (χ3v) is 5.30. The van der Waals surface area contributed by atoms with Gasteiger partial charge in [-0.25, -0.2) is 9.97 Å². The Morgan fingerprint density at radius 3 is 2.53 bits per heavy atom. The van der Waals surface area contributed by atoms with E-state index in [4.69, 9.17) is 11.6 Å². The SMILES string of the molecule is Cn1cc(-c2nc(C(=O)Nc3nn(C)c4ccccc34)cc(-c3ccc(Cl)cc3)n2)cn1. The van der Waals surface area contributed by atoms with Crippen LogP contribution < -0.4 is 5.32 Å². The van der Waals surface area contributed by atoms with E-state index < -0.39 is 0 Å². The van der Waals surface area contributed by atoms with Gasteiger partial charge in [0, 0.05) is 36.3 Å². The van der Waals surface area contributed by atoms with Crippen molar-refractivity contribution in [2.45, 2.75) is 0 Å². The van der Waals surface area contributed by atoms with E-state index in [-0.39, 0.29) is 11.6 Å². The number of para-hydroxylation sites is 1. The highest BCUT2D eigenvalue weighted by molar-refractivity contribution is 6.30. The molecule has 1 N–H and O–H groups in total. The van der Waals surface area contributed by atoms with Crippen LogP contribution in [0.15, 0.2) is 67.0 Å². The molecular formula is C23H18ClN7O. The third-order valence-electron chi connectivity index (χ3n) is 5.05. The summed E-state index contributed by atoms with van der Waals surface area (Å²) in [6.07, 6.45) is 3.46. The third kappa shape index (κ3) is 3.72. The van der Waals surface area contributed by atoms with Gasteiger partial charge in [-0.1, -0.05) is 35.9 Å². The smallest absolute Gasteiger partial charge is 0.275 e. The number of aromatic nitrogens is 6. The van der Waals surface area contributed by atoms with Crippen LogP contribution in [0.3, 0.4) is 0 Å². The fraction of sp³-hybridized carbons (Fsp3) is 0.0870. The summed E-state index contributed by atoms with van der Waals surface area (Å²) < 4.78 is 3.39. The molecule has 3 heterocycles. The minimum Gasteiger partial charge on any atom is -0.303 e. The van der Waals surface area contributed by atoms with Gasteiger partial charge in [0.1, 0.15) is 5.69 Å². The lowest BCUT2D eigenvalue weighted by atomic mass is 10.1. The van der Waals surface area contributed by atoms with Gasteiger partial charge in [-0.05, 0) is 30.3 Å². The lowest BCUT2D eigenvalue weighted by molar-refractivity contribution is 0.102. The summed E-state index contributed by atoms with van der Waals surface area (Å²) in [5.74, 6) is 0.501. The van der Waals surface area contributed by atoms with Gasteiger partial charge in [-0.3, -0.25) is 14.2 Å². The van der Waals surface area contributed by atoms with Crippen molar-refractivity contribution in [1.82, 2.24) is 29.5 Å². The Balaban J connectivity index is 1.58. The monoisotopic (exact) mass is 443 g/mol.